The number of aliphatic hydroxyl groups excluding tert-OH is 1. The molecule has 0 aliphatic carbocycles. The van der Waals surface area contributed by atoms with Gasteiger partial charge in [-0.3, -0.25) is 14.5 Å². The van der Waals surface area contributed by atoms with E-state index >= 15 is 0 Å². The molecule has 3 aromatic carbocycles. The van der Waals surface area contributed by atoms with Gasteiger partial charge in [0.1, 0.15) is 23.1 Å². The molecule has 1 atom stereocenters. The third kappa shape index (κ3) is 4.37. The fourth-order valence-electron chi connectivity index (χ4n) is 4.25. The van der Waals surface area contributed by atoms with Crippen LogP contribution in [0.2, 0.25) is 0 Å². The van der Waals surface area contributed by atoms with Crippen LogP contribution in [-0.2, 0) is 9.59 Å². The number of carbonyl (C=O) groups is 2. The molecule has 4 rings (SSSR count). The van der Waals surface area contributed by atoms with Crippen molar-refractivity contribution >= 4 is 28.8 Å². The fraction of sp³-hybridized carbons (Fsp3) is 0.214. The van der Waals surface area contributed by atoms with Crippen LogP contribution in [0.15, 0.2) is 66.2 Å². The second kappa shape index (κ2) is 9.73. The molecule has 0 bridgehead atoms. The van der Waals surface area contributed by atoms with E-state index in [1.54, 1.807) is 37.3 Å². The molecule has 1 N–H and O–H groups in total. The molecule has 1 amide bonds. The number of ether oxygens (including phenoxy) is 2. The number of benzene rings is 3. The average Bonchev–Trinajstić information content (AvgIpc) is 3.15. The first kappa shape index (κ1) is 24.8. The molecule has 8 heteroatoms. The van der Waals surface area contributed by atoms with Crippen molar-refractivity contribution in [1.82, 2.24) is 0 Å². The van der Waals surface area contributed by atoms with Crippen LogP contribution in [0.3, 0.4) is 0 Å². The Morgan fingerprint density at radius 1 is 0.944 bits per heavy atom. The number of aryl methyl sites for hydroxylation is 1. The number of hydrogen-bond acceptors (Lipinski definition) is 6. The summed E-state index contributed by atoms with van der Waals surface area (Å²) >= 11 is 0. The van der Waals surface area contributed by atoms with E-state index in [1.807, 2.05) is 31.1 Å². The number of hydrogen-bond donors (Lipinski definition) is 1. The molecule has 186 valence electrons. The molecule has 36 heavy (non-hydrogen) atoms. The van der Waals surface area contributed by atoms with Gasteiger partial charge >= 0.3 is 0 Å². The van der Waals surface area contributed by atoms with E-state index < -0.39 is 23.5 Å². The number of amides is 1. The highest BCUT2D eigenvalue weighted by molar-refractivity contribution is 6.51. The molecular formula is C28H27FN2O5. The zero-order chi connectivity index (χ0) is 26.1. The monoisotopic (exact) mass is 490 g/mol. The molecular weight excluding hydrogens is 463 g/mol. The number of methoxy groups -OCH3 is 2. The van der Waals surface area contributed by atoms with Crippen LogP contribution in [0.4, 0.5) is 15.8 Å². The van der Waals surface area contributed by atoms with E-state index in [0.29, 0.717) is 28.3 Å². The smallest absolute Gasteiger partial charge is 0.300 e. The predicted molar refractivity (Wildman–Crippen MR) is 136 cm³/mol. The first-order chi connectivity index (χ1) is 17.2. The first-order valence-corrected chi connectivity index (χ1v) is 11.2. The summed E-state index contributed by atoms with van der Waals surface area (Å²) in [6.45, 7) is 1.56. The van der Waals surface area contributed by atoms with Crippen LogP contribution in [0.5, 0.6) is 11.5 Å². The van der Waals surface area contributed by atoms with Crippen molar-refractivity contribution in [2.45, 2.75) is 13.0 Å². The van der Waals surface area contributed by atoms with Crippen LogP contribution in [0.25, 0.3) is 5.76 Å². The maximum absolute atomic E-state index is 13.9. The van der Waals surface area contributed by atoms with E-state index in [1.165, 1.54) is 37.3 Å². The van der Waals surface area contributed by atoms with Gasteiger partial charge in [-0.25, -0.2) is 4.39 Å². The Bertz CT molecular complexity index is 1340. The quantitative estimate of drug-likeness (QED) is 0.303. The van der Waals surface area contributed by atoms with Gasteiger partial charge in [-0.05, 0) is 48.4 Å². The third-order valence-corrected chi connectivity index (χ3v) is 6.22. The number of halogens is 1. The Morgan fingerprint density at radius 3 is 2.08 bits per heavy atom. The topological polar surface area (TPSA) is 79.3 Å². The first-order valence-electron chi connectivity index (χ1n) is 11.2. The Labute approximate surface area is 209 Å². The van der Waals surface area contributed by atoms with Crippen LogP contribution in [-0.4, -0.2) is 45.1 Å². The van der Waals surface area contributed by atoms with E-state index in [-0.39, 0.29) is 16.9 Å². The summed E-state index contributed by atoms with van der Waals surface area (Å²) in [6, 6.07) is 15.3. The largest absolute Gasteiger partial charge is 0.507 e. The molecule has 7 nitrogen and oxygen atoms in total. The Balaban J connectivity index is 1.96. The third-order valence-electron chi connectivity index (χ3n) is 6.22. The van der Waals surface area contributed by atoms with Crippen LogP contribution >= 0.6 is 0 Å². The summed E-state index contributed by atoms with van der Waals surface area (Å²) in [4.78, 5) is 30.0. The molecule has 1 fully saturated rings. The second-order valence-corrected chi connectivity index (χ2v) is 8.69. The molecule has 0 spiro atoms. The van der Waals surface area contributed by atoms with Gasteiger partial charge in [0, 0.05) is 43.5 Å². The highest BCUT2D eigenvalue weighted by atomic mass is 19.1. The number of carbonyl (C=O) groups excluding carboxylic acids is 2. The highest BCUT2D eigenvalue weighted by Crippen LogP contribution is 2.44. The molecule has 1 heterocycles. The van der Waals surface area contributed by atoms with Crippen LogP contribution in [0, 0.1) is 12.7 Å². The maximum Gasteiger partial charge on any atom is 0.300 e. The number of nitrogens with zero attached hydrogens (tertiary/aromatic N) is 2. The summed E-state index contributed by atoms with van der Waals surface area (Å²) in [5.41, 5.74) is 2.35. The van der Waals surface area contributed by atoms with E-state index in [2.05, 4.69) is 0 Å². The SMILES string of the molecule is COc1cc(OC)cc(N2C(=O)C(=O)/C(=C(/O)c3ccc(F)c(C)c3)C2c2ccc(N(C)C)cc2)c1. The molecule has 0 radical (unpaired) electrons. The lowest BCUT2D eigenvalue weighted by atomic mass is 9.94. The van der Waals surface area contributed by atoms with Crippen molar-refractivity contribution in [3.05, 3.63) is 88.7 Å². The zero-order valence-electron chi connectivity index (χ0n) is 20.7. The minimum atomic E-state index is -0.941. The summed E-state index contributed by atoms with van der Waals surface area (Å²) < 4.78 is 24.6. The molecule has 1 aliphatic rings. The molecule has 1 unspecified atom stereocenters. The van der Waals surface area contributed by atoms with Gasteiger partial charge in [-0.15, -0.1) is 0 Å². The van der Waals surface area contributed by atoms with Crippen molar-refractivity contribution in [1.29, 1.82) is 0 Å². The number of Topliss-reactive ketones (excluding diaryl/α,β-unsaturated/α-hetero) is 1. The normalized spacial score (nSPS) is 16.8. The number of rotatable bonds is 6. The van der Waals surface area contributed by atoms with Gasteiger partial charge in [0.05, 0.1) is 31.5 Å². The minimum Gasteiger partial charge on any atom is -0.507 e. The van der Waals surface area contributed by atoms with Gasteiger partial charge < -0.3 is 19.5 Å². The van der Waals surface area contributed by atoms with Crippen molar-refractivity contribution < 1.29 is 28.6 Å². The number of aliphatic hydroxyl groups is 1. The number of ketones is 1. The van der Waals surface area contributed by atoms with E-state index in [0.717, 1.165) is 5.69 Å². The van der Waals surface area contributed by atoms with Gasteiger partial charge in [0.2, 0.25) is 0 Å². The molecule has 0 aromatic heterocycles. The fourth-order valence-corrected chi connectivity index (χ4v) is 4.25. The molecule has 1 aliphatic heterocycles. The molecule has 1 saturated heterocycles. The predicted octanol–water partition coefficient (Wildman–Crippen LogP) is 4.84. The Hall–Kier alpha value is -4.33. The van der Waals surface area contributed by atoms with Gasteiger partial charge in [0.15, 0.2) is 0 Å². The van der Waals surface area contributed by atoms with Crippen molar-refractivity contribution in [2.24, 2.45) is 0 Å². The molecule has 3 aromatic rings. The van der Waals surface area contributed by atoms with Gasteiger partial charge in [0.25, 0.3) is 11.7 Å². The summed E-state index contributed by atoms with van der Waals surface area (Å²) in [5.74, 6) is -1.61. The van der Waals surface area contributed by atoms with Crippen molar-refractivity contribution in [3.63, 3.8) is 0 Å². The van der Waals surface area contributed by atoms with Gasteiger partial charge in [-0.2, -0.15) is 0 Å². The van der Waals surface area contributed by atoms with E-state index in [4.69, 9.17) is 9.47 Å². The summed E-state index contributed by atoms with van der Waals surface area (Å²) in [7, 11) is 6.78. The lowest BCUT2D eigenvalue weighted by Crippen LogP contribution is -2.29. The maximum atomic E-state index is 13.9. The molecule has 0 saturated carbocycles. The summed E-state index contributed by atoms with van der Waals surface area (Å²) in [6.07, 6.45) is 0. The van der Waals surface area contributed by atoms with Crippen LogP contribution < -0.4 is 19.3 Å². The van der Waals surface area contributed by atoms with Crippen molar-refractivity contribution in [2.75, 3.05) is 38.1 Å². The Morgan fingerprint density at radius 2 is 1.56 bits per heavy atom. The second-order valence-electron chi connectivity index (χ2n) is 8.69. The summed E-state index contributed by atoms with van der Waals surface area (Å²) in [5, 5.41) is 11.3. The van der Waals surface area contributed by atoms with Crippen LogP contribution in [0.1, 0.15) is 22.7 Å². The van der Waals surface area contributed by atoms with E-state index in [9.17, 15) is 19.1 Å². The lowest BCUT2D eigenvalue weighted by Gasteiger charge is -2.26. The van der Waals surface area contributed by atoms with Gasteiger partial charge in [-0.1, -0.05) is 12.1 Å². The average molecular weight is 491 g/mol. The lowest BCUT2D eigenvalue weighted by molar-refractivity contribution is -0.132. The number of anilines is 2. The van der Waals surface area contributed by atoms with Crippen molar-refractivity contribution in [3.8, 4) is 11.5 Å². The zero-order valence-corrected chi connectivity index (χ0v) is 20.7. The Kier molecular flexibility index (Phi) is 6.70. The minimum absolute atomic E-state index is 0.0922. The highest BCUT2D eigenvalue weighted by Gasteiger charge is 2.47. The standard InChI is InChI=1S/C28H27FN2O5/c1-16-12-18(8-11-23(16)29)26(32)24-25(17-6-9-19(10-7-17)30(2)3)31(28(34)27(24)33)20-13-21(35-4)15-22(14-20)36-5/h6-15,25,32H,1-5H3/b26-24+.